The number of benzene rings is 8. The lowest BCUT2D eigenvalue weighted by molar-refractivity contribution is -0.384. The molecule has 3 aromatic heterocycles. The molecule has 0 aliphatic rings. The lowest BCUT2D eigenvalue weighted by Crippen LogP contribution is -2.02. The number of aromatic nitrogens is 5. The molecule has 0 spiro atoms. The van der Waals surface area contributed by atoms with E-state index in [1.54, 1.807) is 12.1 Å². The van der Waals surface area contributed by atoms with Crippen LogP contribution in [0.1, 0.15) is 0 Å². The minimum absolute atomic E-state index is 0.0249. The zero-order valence-electron chi connectivity index (χ0n) is 31.5. The molecular weight excluding hydrogens is 729 g/mol. The van der Waals surface area contributed by atoms with Gasteiger partial charge in [-0.1, -0.05) is 115 Å². The van der Waals surface area contributed by atoms with E-state index in [0.29, 0.717) is 17.5 Å². The molecule has 0 unspecified atom stereocenters. The highest BCUT2D eigenvalue weighted by Gasteiger charge is 2.22. The van der Waals surface area contributed by atoms with Gasteiger partial charge in [0.15, 0.2) is 17.5 Å². The molecule has 8 aromatic carbocycles. The van der Waals surface area contributed by atoms with Crippen LogP contribution < -0.4 is 0 Å². The minimum Gasteiger partial charge on any atom is -0.309 e. The summed E-state index contributed by atoms with van der Waals surface area (Å²) in [5.74, 6) is 1.65. The lowest BCUT2D eigenvalue weighted by Gasteiger charge is -2.16. The largest absolute Gasteiger partial charge is 0.309 e. The lowest BCUT2D eigenvalue weighted by atomic mass is 9.99. The fourth-order valence-corrected chi connectivity index (χ4v) is 8.35. The van der Waals surface area contributed by atoms with Gasteiger partial charge >= 0.3 is 0 Å². The molecule has 0 aliphatic carbocycles. The van der Waals surface area contributed by atoms with E-state index in [2.05, 4.69) is 112 Å². The van der Waals surface area contributed by atoms with Crippen LogP contribution in [-0.2, 0) is 0 Å². The summed E-state index contributed by atoms with van der Waals surface area (Å²) in [4.78, 5) is 26.4. The number of nitro benzene ring substituents is 1. The van der Waals surface area contributed by atoms with Crippen molar-refractivity contribution in [2.24, 2.45) is 0 Å². The van der Waals surface area contributed by atoms with Gasteiger partial charge in [0, 0.05) is 61.6 Å². The molecule has 278 valence electrons. The van der Waals surface area contributed by atoms with Crippen molar-refractivity contribution >= 4 is 49.3 Å². The van der Waals surface area contributed by atoms with E-state index < -0.39 is 0 Å². The van der Waals surface area contributed by atoms with E-state index in [1.165, 1.54) is 10.8 Å². The van der Waals surface area contributed by atoms with Crippen molar-refractivity contribution in [2.45, 2.75) is 0 Å². The van der Waals surface area contributed by atoms with Crippen molar-refractivity contribution in [2.75, 3.05) is 0 Å². The average Bonchev–Trinajstić information content (AvgIpc) is 3.80. The smallest absolute Gasteiger partial charge is 0.269 e. The Morgan fingerprint density at radius 1 is 0.390 bits per heavy atom. The molecule has 3 heterocycles. The van der Waals surface area contributed by atoms with Gasteiger partial charge in [0.2, 0.25) is 0 Å². The van der Waals surface area contributed by atoms with Gasteiger partial charge in [-0.2, -0.15) is 0 Å². The number of para-hydroxylation sites is 3. The van der Waals surface area contributed by atoms with Crippen LogP contribution in [0.25, 0.3) is 100 Å². The van der Waals surface area contributed by atoms with E-state index in [1.807, 2.05) is 78.9 Å². The second kappa shape index (κ2) is 13.8. The Hall–Kier alpha value is -8.23. The number of nitrogens with zero attached hydrogens (tertiary/aromatic N) is 6. The van der Waals surface area contributed by atoms with Gasteiger partial charge in [0.1, 0.15) is 0 Å². The number of rotatable bonds is 7. The zero-order chi connectivity index (χ0) is 39.5. The molecule has 8 nitrogen and oxygen atoms in total. The molecular formula is C51H32N6O2. The van der Waals surface area contributed by atoms with Crippen molar-refractivity contribution in [3.05, 3.63) is 204 Å². The molecule has 0 saturated carbocycles. The number of hydrogen-bond donors (Lipinski definition) is 0. The highest BCUT2D eigenvalue weighted by molar-refractivity contribution is 6.19. The maximum atomic E-state index is 11.8. The van der Waals surface area contributed by atoms with Crippen LogP contribution in [0.3, 0.4) is 0 Å². The van der Waals surface area contributed by atoms with Crippen LogP contribution in [0.2, 0.25) is 0 Å². The van der Waals surface area contributed by atoms with Gasteiger partial charge in [-0.25, -0.2) is 15.0 Å². The van der Waals surface area contributed by atoms with Crippen LogP contribution in [0.4, 0.5) is 5.69 Å². The SMILES string of the molecule is O=[N+]([O-])c1ccc(-c2cc(-c3nc(-c4ccccc4)nc(-c4ccccc4)n3)ccc2-n2c3ccccc3c3cc4c5ccccc5n(-c5ccccc5)c4cc32)cc1. The normalized spacial score (nSPS) is 11.5. The number of fused-ring (bicyclic) bond motifs is 6. The molecule has 8 heteroatoms. The van der Waals surface area contributed by atoms with Crippen molar-refractivity contribution < 1.29 is 4.92 Å². The summed E-state index contributed by atoms with van der Waals surface area (Å²) < 4.78 is 4.65. The zero-order valence-corrected chi connectivity index (χ0v) is 31.5. The molecule has 11 aromatic rings. The third-order valence-corrected chi connectivity index (χ3v) is 11.1. The van der Waals surface area contributed by atoms with Gasteiger partial charge in [-0.3, -0.25) is 10.1 Å². The molecule has 59 heavy (non-hydrogen) atoms. The van der Waals surface area contributed by atoms with Gasteiger partial charge < -0.3 is 9.13 Å². The Bertz CT molecular complexity index is 3340. The second-order valence-electron chi connectivity index (χ2n) is 14.5. The van der Waals surface area contributed by atoms with Crippen molar-refractivity contribution in [1.29, 1.82) is 0 Å². The summed E-state index contributed by atoms with van der Waals surface area (Å²) in [6, 6.07) is 65.0. The monoisotopic (exact) mass is 760 g/mol. The van der Waals surface area contributed by atoms with Crippen LogP contribution in [-0.4, -0.2) is 29.0 Å². The van der Waals surface area contributed by atoms with Crippen molar-refractivity contribution in [3.63, 3.8) is 0 Å². The van der Waals surface area contributed by atoms with E-state index >= 15 is 0 Å². The molecule has 0 atom stereocenters. The Morgan fingerprint density at radius 2 is 0.864 bits per heavy atom. The van der Waals surface area contributed by atoms with Gasteiger partial charge in [-0.15, -0.1) is 0 Å². The fourth-order valence-electron chi connectivity index (χ4n) is 8.35. The van der Waals surface area contributed by atoms with Crippen molar-refractivity contribution in [1.82, 2.24) is 24.1 Å². The van der Waals surface area contributed by atoms with E-state index in [4.69, 9.17) is 15.0 Å². The van der Waals surface area contributed by atoms with Crippen molar-refractivity contribution in [3.8, 4) is 56.7 Å². The third-order valence-electron chi connectivity index (χ3n) is 11.1. The molecule has 0 bridgehead atoms. The van der Waals surface area contributed by atoms with Crippen LogP contribution >= 0.6 is 0 Å². The maximum absolute atomic E-state index is 11.8. The third kappa shape index (κ3) is 5.73. The Morgan fingerprint density at radius 3 is 1.44 bits per heavy atom. The number of nitro groups is 1. The molecule has 11 rings (SSSR count). The van der Waals surface area contributed by atoms with Gasteiger partial charge in [-0.05, 0) is 72.3 Å². The fraction of sp³-hybridized carbons (Fsp3) is 0. The highest BCUT2D eigenvalue weighted by atomic mass is 16.6. The summed E-state index contributed by atoms with van der Waals surface area (Å²) >= 11 is 0. The van der Waals surface area contributed by atoms with Crippen LogP contribution in [0.15, 0.2) is 194 Å². The first kappa shape index (κ1) is 34.1. The van der Waals surface area contributed by atoms with E-state index in [0.717, 1.165) is 72.0 Å². The topological polar surface area (TPSA) is 91.7 Å². The molecule has 0 aliphatic heterocycles. The molecule has 0 fully saturated rings. The second-order valence-corrected chi connectivity index (χ2v) is 14.5. The first-order chi connectivity index (χ1) is 29.1. The highest BCUT2D eigenvalue weighted by Crippen LogP contribution is 2.42. The minimum atomic E-state index is -0.369. The summed E-state index contributed by atoms with van der Waals surface area (Å²) in [5.41, 5.74) is 10.6. The maximum Gasteiger partial charge on any atom is 0.269 e. The van der Waals surface area contributed by atoms with Crippen LogP contribution in [0.5, 0.6) is 0 Å². The Labute approximate surface area is 338 Å². The Kier molecular flexibility index (Phi) is 7.94. The summed E-state index contributed by atoms with van der Waals surface area (Å²) in [6.07, 6.45) is 0. The summed E-state index contributed by atoms with van der Waals surface area (Å²) in [7, 11) is 0. The summed E-state index contributed by atoms with van der Waals surface area (Å²) in [6.45, 7) is 0. The summed E-state index contributed by atoms with van der Waals surface area (Å²) in [5, 5.41) is 16.4. The number of hydrogen-bond acceptors (Lipinski definition) is 5. The number of non-ortho nitro benzene ring substituents is 1. The van der Waals surface area contributed by atoms with E-state index in [9.17, 15) is 10.1 Å². The van der Waals surface area contributed by atoms with Gasteiger partial charge in [0.25, 0.3) is 5.69 Å². The van der Waals surface area contributed by atoms with Gasteiger partial charge in [0.05, 0.1) is 32.7 Å². The molecule has 0 N–H and O–H groups in total. The predicted octanol–water partition coefficient (Wildman–Crippen LogP) is 12.6. The molecule has 0 amide bonds. The molecule has 0 saturated heterocycles. The van der Waals surface area contributed by atoms with E-state index in [-0.39, 0.29) is 10.6 Å². The first-order valence-corrected chi connectivity index (χ1v) is 19.4. The predicted molar refractivity (Wildman–Crippen MR) is 237 cm³/mol. The average molecular weight is 761 g/mol. The quantitative estimate of drug-likeness (QED) is 0.119. The first-order valence-electron chi connectivity index (χ1n) is 19.4. The Balaban J connectivity index is 1.20. The van der Waals surface area contributed by atoms with Crippen LogP contribution in [0, 0.1) is 10.1 Å². The molecule has 0 radical (unpaired) electrons. The standard InChI is InChI=1S/C51H32N6O2/c58-57(59)38-27-24-33(25-28-38)41-30-36(51-53-49(34-14-4-1-5-15-34)52-50(54-51)35-16-6-2-7-17-35)26-29-46(41)56-45-23-13-11-21-40(45)43-31-42-39-20-10-12-22-44(39)55(47(42)32-48(43)56)37-18-8-3-9-19-37/h1-32H.